The van der Waals surface area contributed by atoms with Crippen LogP contribution in [0.25, 0.3) is 5.57 Å². The maximum atomic E-state index is 13.0. The van der Waals surface area contributed by atoms with E-state index in [1.807, 2.05) is 13.8 Å². The van der Waals surface area contributed by atoms with Crippen LogP contribution >= 0.6 is 11.6 Å². The van der Waals surface area contributed by atoms with E-state index in [1.165, 1.54) is 6.07 Å². The maximum absolute atomic E-state index is 13.0. The van der Waals surface area contributed by atoms with Crippen molar-refractivity contribution in [2.24, 2.45) is 5.92 Å². The van der Waals surface area contributed by atoms with Gasteiger partial charge in [0.1, 0.15) is 10.8 Å². The molecular weight excluding hydrogens is 407 g/mol. The molecule has 1 heterocycles. The number of nitrogens with zero attached hydrogens (tertiary/aromatic N) is 1. The minimum Gasteiger partial charge on any atom is -0.493 e. The third-order valence-electron chi connectivity index (χ3n) is 4.19. The number of halogens is 4. The number of rotatable bonds is 5. The molecule has 0 unspecified atom stereocenters. The van der Waals surface area contributed by atoms with Gasteiger partial charge in [-0.1, -0.05) is 43.6 Å². The van der Waals surface area contributed by atoms with Crippen molar-refractivity contribution in [2.75, 3.05) is 11.5 Å². The predicted octanol–water partition coefficient (Wildman–Crippen LogP) is 5.26. The number of amides is 2. The molecule has 3 rings (SSSR count). The fourth-order valence-electron chi connectivity index (χ4n) is 2.79. The molecule has 0 fully saturated rings. The number of hydrogen-bond donors (Lipinski definition) is 0. The van der Waals surface area contributed by atoms with Gasteiger partial charge in [0.15, 0.2) is 0 Å². The summed E-state index contributed by atoms with van der Waals surface area (Å²) in [7, 11) is 0. The third-order valence-corrected chi connectivity index (χ3v) is 4.54. The normalized spacial score (nSPS) is 14.9. The van der Waals surface area contributed by atoms with Crippen LogP contribution in [-0.4, -0.2) is 18.4 Å². The van der Waals surface area contributed by atoms with E-state index in [0.29, 0.717) is 28.7 Å². The summed E-state index contributed by atoms with van der Waals surface area (Å²) in [6, 6.07) is 10.4. The minimum absolute atomic E-state index is 0.0653. The summed E-state index contributed by atoms with van der Waals surface area (Å²) >= 11 is 6.09. The molecule has 0 saturated carbocycles. The van der Waals surface area contributed by atoms with E-state index < -0.39 is 23.6 Å². The number of anilines is 1. The number of hydrogen-bond acceptors (Lipinski definition) is 3. The molecule has 1 aliphatic rings. The average molecular weight is 424 g/mol. The van der Waals surface area contributed by atoms with Gasteiger partial charge in [0.25, 0.3) is 11.8 Å². The zero-order chi connectivity index (χ0) is 21.3. The lowest BCUT2D eigenvalue weighted by Gasteiger charge is -2.17. The molecule has 4 nitrogen and oxygen atoms in total. The summed E-state index contributed by atoms with van der Waals surface area (Å²) in [6.07, 6.45) is -4.60. The third kappa shape index (κ3) is 4.29. The van der Waals surface area contributed by atoms with Gasteiger partial charge in [0, 0.05) is 0 Å². The van der Waals surface area contributed by atoms with Crippen LogP contribution < -0.4 is 9.64 Å². The summed E-state index contributed by atoms with van der Waals surface area (Å²) in [5.41, 5.74) is -0.851. The van der Waals surface area contributed by atoms with Gasteiger partial charge in [-0.05, 0) is 41.8 Å². The molecule has 2 aromatic rings. The highest BCUT2D eigenvalue weighted by atomic mass is 35.5. The second-order valence-corrected chi connectivity index (χ2v) is 7.29. The number of alkyl halides is 3. The zero-order valence-electron chi connectivity index (χ0n) is 15.6. The minimum atomic E-state index is -4.60. The summed E-state index contributed by atoms with van der Waals surface area (Å²) < 4.78 is 44.5. The highest BCUT2D eigenvalue weighted by molar-refractivity contribution is 6.60. The molecule has 1 aliphatic heterocycles. The Hall–Kier alpha value is -2.80. The monoisotopic (exact) mass is 423 g/mol. The highest BCUT2D eigenvalue weighted by Crippen LogP contribution is 2.37. The summed E-state index contributed by atoms with van der Waals surface area (Å²) in [6.45, 7) is 4.53. The Bertz CT molecular complexity index is 981. The van der Waals surface area contributed by atoms with Gasteiger partial charge in [-0.25, -0.2) is 4.90 Å². The Morgan fingerprint density at radius 1 is 1.03 bits per heavy atom. The molecule has 0 atom stereocenters. The van der Waals surface area contributed by atoms with Crippen LogP contribution in [-0.2, 0) is 15.8 Å². The first kappa shape index (κ1) is 20.9. The highest BCUT2D eigenvalue weighted by Gasteiger charge is 2.40. The lowest BCUT2D eigenvalue weighted by atomic mass is 10.1. The van der Waals surface area contributed by atoms with E-state index in [2.05, 4.69) is 0 Å². The standard InChI is InChI=1S/C21H17ClF3NO3/c1-12(2)11-29-16-8-6-13(7-9-16)17-18(22)20(28)26(19(17)27)15-5-3-4-14(10-15)21(23,24)25/h3-10,12H,11H2,1-2H3. The van der Waals surface area contributed by atoms with Gasteiger partial charge in [-0.15, -0.1) is 0 Å². The summed E-state index contributed by atoms with van der Waals surface area (Å²) in [5, 5.41) is -0.344. The molecule has 0 saturated heterocycles. The van der Waals surface area contributed by atoms with Crippen LogP contribution in [0.2, 0.25) is 0 Å². The molecule has 0 radical (unpaired) electrons. The molecule has 29 heavy (non-hydrogen) atoms. The molecule has 152 valence electrons. The van der Waals surface area contributed by atoms with Crippen molar-refractivity contribution in [3.05, 3.63) is 64.7 Å². The van der Waals surface area contributed by atoms with Crippen molar-refractivity contribution in [3.8, 4) is 5.75 Å². The number of carbonyl (C=O) groups is 2. The molecule has 8 heteroatoms. The average Bonchev–Trinajstić information content (AvgIpc) is 2.89. The fourth-order valence-corrected chi connectivity index (χ4v) is 3.06. The Morgan fingerprint density at radius 3 is 2.28 bits per heavy atom. The smallest absolute Gasteiger partial charge is 0.416 e. The van der Waals surface area contributed by atoms with Gasteiger partial charge in [0.2, 0.25) is 0 Å². The topological polar surface area (TPSA) is 46.6 Å². The largest absolute Gasteiger partial charge is 0.493 e. The van der Waals surface area contributed by atoms with Crippen LogP contribution in [0.15, 0.2) is 53.6 Å². The molecule has 2 aromatic carbocycles. The van der Waals surface area contributed by atoms with Gasteiger partial charge in [-0.2, -0.15) is 13.2 Å². The Balaban J connectivity index is 1.90. The molecule has 0 spiro atoms. The second kappa shape index (κ2) is 7.91. The zero-order valence-corrected chi connectivity index (χ0v) is 16.3. The van der Waals surface area contributed by atoms with E-state index in [9.17, 15) is 22.8 Å². The van der Waals surface area contributed by atoms with Crippen molar-refractivity contribution < 1.29 is 27.5 Å². The Morgan fingerprint density at radius 2 is 1.69 bits per heavy atom. The van der Waals surface area contributed by atoms with Crippen LogP contribution in [0, 0.1) is 5.92 Å². The van der Waals surface area contributed by atoms with E-state index in [4.69, 9.17) is 16.3 Å². The predicted molar refractivity (Wildman–Crippen MR) is 103 cm³/mol. The molecule has 2 amide bonds. The Labute approximate surface area is 170 Å². The van der Waals surface area contributed by atoms with E-state index in [0.717, 1.165) is 18.2 Å². The van der Waals surface area contributed by atoms with E-state index in [-0.39, 0.29) is 16.3 Å². The SMILES string of the molecule is CC(C)COc1ccc(C2=C(Cl)C(=O)N(c3cccc(C(F)(F)F)c3)C2=O)cc1. The number of imide groups is 1. The first-order valence-corrected chi connectivity index (χ1v) is 9.16. The summed E-state index contributed by atoms with van der Waals surface area (Å²) in [4.78, 5) is 26.0. The maximum Gasteiger partial charge on any atom is 0.416 e. The quantitative estimate of drug-likeness (QED) is 0.616. The van der Waals surface area contributed by atoms with Crippen LogP contribution in [0.4, 0.5) is 18.9 Å². The Kier molecular flexibility index (Phi) is 5.71. The molecular formula is C21H17ClF3NO3. The first-order valence-electron chi connectivity index (χ1n) is 8.78. The fraction of sp³-hybridized carbons (Fsp3) is 0.238. The van der Waals surface area contributed by atoms with E-state index >= 15 is 0 Å². The number of carbonyl (C=O) groups excluding carboxylic acids is 2. The van der Waals surface area contributed by atoms with Crippen molar-refractivity contribution in [1.82, 2.24) is 0 Å². The van der Waals surface area contributed by atoms with Crippen molar-refractivity contribution in [2.45, 2.75) is 20.0 Å². The van der Waals surface area contributed by atoms with Gasteiger partial charge in [0.05, 0.1) is 23.4 Å². The number of ether oxygens (including phenoxy) is 1. The van der Waals surface area contributed by atoms with Crippen molar-refractivity contribution in [3.63, 3.8) is 0 Å². The lowest BCUT2D eigenvalue weighted by Crippen LogP contribution is -2.31. The van der Waals surface area contributed by atoms with E-state index in [1.54, 1.807) is 24.3 Å². The molecule has 0 aliphatic carbocycles. The molecule has 0 aromatic heterocycles. The molecule has 0 bridgehead atoms. The van der Waals surface area contributed by atoms with Crippen LogP contribution in [0.3, 0.4) is 0 Å². The molecule has 0 N–H and O–H groups in total. The van der Waals surface area contributed by atoms with Crippen LogP contribution in [0.5, 0.6) is 5.75 Å². The second-order valence-electron chi connectivity index (χ2n) is 6.91. The van der Waals surface area contributed by atoms with Crippen molar-refractivity contribution in [1.29, 1.82) is 0 Å². The van der Waals surface area contributed by atoms with Gasteiger partial charge in [-0.3, -0.25) is 9.59 Å². The van der Waals surface area contributed by atoms with Crippen molar-refractivity contribution >= 4 is 34.7 Å². The number of benzene rings is 2. The first-order chi connectivity index (χ1) is 13.6. The van der Waals surface area contributed by atoms with Gasteiger partial charge < -0.3 is 4.74 Å². The lowest BCUT2D eigenvalue weighted by molar-refractivity contribution is -0.137. The van der Waals surface area contributed by atoms with Gasteiger partial charge >= 0.3 is 6.18 Å². The summed E-state index contributed by atoms with van der Waals surface area (Å²) in [5.74, 6) is -0.728. The van der Waals surface area contributed by atoms with Crippen LogP contribution in [0.1, 0.15) is 25.0 Å².